The van der Waals surface area contributed by atoms with Crippen molar-refractivity contribution >= 4 is 34.0 Å². The Hall–Kier alpha value is -2.97. The van der Waals surface area contributed by atoms with E-state index in [1.807, 2.05) is 0 Å². The standard InChI is InChI=1S/C4H14N12O2S/c5-1(6)13-15(3(9)10)19(17,18)16(4(11)12)14-2(7)8/h(H3,9,10)(H3,11,12)(H4,5,6,13)(H4,7,8,14). The van der Waals surface area contributed by atoms with Crippen LogP contribution in [0.25, 0.3) is 0 Å². The van der Waals surface area contributed by atoms with E-state index < -0.39 is 34.0 Å². The highest BCUT2D eigenvalue weighted by Gasteiger charge is 2.33. The molecule has 14 N–H and O–H groups in total. The summed E-state index contributed by atoms with van der Waals surface area (Å²) in [5.41, 5.74) is 29.9. The summed E-state index contributed by atoms with van der Waals surface area (Å²) in [4.78, 5) is 0. The first kappa shape index (κ1) is 16.0. The van der Waals surface area contributed by atoms with Crippen LogP contribution in [0.2, 0.25) is 0 Å². The number of nitrogens with zero attached hydrogens (tertiary/aromatic N) is 4. The quantitative estimate of drug-likeness (QED) is 0.141. The van der Waals surface area contributed by atoms with Gasteiger partial charge >= 0.3 is 10.2 Å². The summed E-state index contributed by atoms with van der Waals surface area (Å²) in [5, 5.41) is 20.3. The smallest absolute Gasteiger partial charge is 0.369 e. The summed E-state index contributed by atoms with van der Waals surface area (Å²) >= 11 is 0. The van der Waals surface area contributed by atoms with Crippen molar-refractivity contribution in [2.45, 2.75) is 0 Å². The Labute approximate surface area is 107 Å². The summed E-state index contributed by atoms with van der Waals surface area (Å²) < 4.78 is 23.7. The normalized spacial score (nSPS) is 10.1. The van der Waals surface area contributed by atoms with Crippen LogP contribution in [0.1, 0.15) is 0 Å². The number of hydrogen-bond donors (Lipinski definition) is 8. The van der Waals surface area contributed by atoms with Crippen LogP contribution in [-0.2, 0) is 10.2 Å². The van der Waals surface area contributed by atoms with Crippen molar-refractivity contribution in [1.82, 2.24) is 8.83 Å². The van der Waals surface area contributed by atoms with Gasteiger partial charge < -0.3 is 34.4 Å². The molecular formula is C4H14N12O2S. The molecule has 14 nitrogen and oxygen atoms in total. The third kappa shape index (κ3) is 4.07. The molecule has 0 aliphatic carbocycles. The second-order valence-corrected chi connectivity index (χ2v) is 4.40. The highest BCUT2D eigenvalue weighted by atomic mass is 32.2. The van der Waals surface area contributed by atoms with Gasteiger partial charge in [0.2, 0.25) is 23.8 Å². The summed E-state index contributed by atoms with van der Waals surface area (Å²) in [6, 6.07) is 0. The second-order valence-electron chi connectivity index (χ2n) is 2.81. The lowest BCUT2D eigenvalue weighted by Crippen LogP contribution is -2.50. The van der Waals surface area contributed by atoms with E-state index in [1.165, 1.54) is 0 Å². The lowest BCUT2D eigenvalue weighted by Gasteiger charge is -2.22. The van der Waals surface area contributed by atoms with Crippen molar-refractivity contribution in [1.29, 1.82) is 10.8 Å². The van der Waals surface area contributed by atoms with Crippen LogP contribution >= 0.6 is 0 Å². The number of guanidine groups is 4. The zero-order valence-corrected chi connectivity index (χ0v) is 10.3. The minimum atomic E-state index is -4.78. The fourth-order valence-electron chi connectivity index (χ4n) is 0.742. The second kappa shape index (κ2) is 5.58. The largest absolute Gasteiger partial charge is 0.370 e. The van der Waals surface area contributed by atoms with Crippen molar-refractivity contribution < 1.29 is 8.42 Å². The summed E-state index contributed by atoms with van der Waals surface area (Å²) in [6.45, 7) is 0. The van der Waals surface area contributed by atoms with Crippen molar-refractivity contribution in [3.63, 3.8) is 0 Å². The maximum absolute atomic E-state index is 12.0. The van der Waals surface area contributed by atoms with Crippen molar-refractivity contribution in [3.05, 3.63) is 0 Å². The predicted octanol–water partition coefficient (Wildman–Crippen LogP) is -5.00. The van der Waals surface area contributed by atoms with E-state index in [1.54, 1.807) is 0 Å². The van der Waals surface area contributed by atoms with Crippen LogP contribution in [0, 0.1) is 10.8 Å². The Morgan fingerprint density at radius 3 is 1.21 bits per heavy atom. The third-order valence-electron chi connectivity index (χ3n) is 1.26. The van der Waals surface area contributed by atoms with Gasteiger partial charge in [0.1, 0.15) is 0 Å². The molecule has 0 aromatic carbocycles. The fraction of sp³-hybridized carbons (Fsp3) is 0. The molecule has 0 atom stereocenters. The van der Waals surface area contributed by atoms with Gasteiger partial charge in [0.15, 0.2) is 0 Å². The minimum absolute atomic E-state index is 0.115. The fourth-order valence-corrected chi connectivity index (χ4v) is 1.78. The molecule has 0 saturated carbocycles. The molecule has 0 rings (SSSR count). The number of rotatable bonds is 4. The topological polar surface area (TPSA) is 269 Å². The molecular weight excluding hydrogens is 280 g/mol. The lowest BCUT2D eigenvalue weighted by molar-refractivity contribution is 0.468. The molecule has 0 unspecified atom stereocenters. The Kier molecular flexibility index (Phi) is 4.71. The first-order valence-corrected chi connectivity index (χ1v) is 5.62. The van der Waals surface area contributed by atoms with E-state index in [2.05, 4.69) is 10.2 Å². The highest BCUT2D eigenvalue weighted by Crippen LogP contribution is 2.08. The number of nitrogens with one attached hydrogen (secondary N) is 2. The van der Waals surface area contributed by atoms with Crippen molar-refractivity contribution in [2.24, 2.45) is 44.6 Å². The third-order valence-corrected chi connectivity index (χ3v) is 2.69. The van der Waals surface area contributed by atoms with Gasteiger partial charge in [-0.05, 0) is 0 Å². The average molecular weight is 294 g/mol. The van der Waals surface area contributed by atoms with E-state index in [4.69, 9.17) is 45.2 Å². The molecule has 0 saturated heterocycles. The van der Waals surface area contributed by atoms with Gasteiger partial charge in [-0.2, -0.15) is 8.42 Å². The summed E-state index contributed by atoms with van der Waals surface area (Å²) in [5.74, 6) is -3.59. The number of hydrazone groups is 2. The van der Waals surface area contributed by atoms with Crippen molar-refractivity contribution in [2.75, 3.05) is 0 Å². The Balaban J connectivity index is 5.90. The highest BCUT2D eigenvalue weighted by molar-refractivity contribution is 7.87. The Bertz CT molecular complexity index is 482. The monoisotopic (exact) mass is 294 g/mol. The molecule has 0 aromatic heterocycles. The maximum Gasteiger partial charge on any atom is 0.370 e. The van der Waals surface area contributed by atoms with E-state index >= 15 is 0 Å². The van der Waals surface area contributed by atoms with E-state index in [0.29, 0.717) is 0 Å². The molecule has 0 heterocycles. The Morgan fingerprint density at radius 1 is 0.789 bits per heavy atom. The van der Waals surface area contributed by atoms with Gasteiger partial charge in [-0.1, -0.05) is 0 Å². The van der Waals surface area contributed by atoms with Gasteiger partial charge in [0.05, 0.1) is 0 Å². The molecule has 0 aromatic rings. The van der Waals surface area contributed by atoms with Crippen LogP contribution in [0.4, 0.5) is 0 Å². The van der Waals surface area contributed by atoms with Gasteiger partial charge in [0.25, 0.3) is 0 Å². The number of hydrogen-bond acceptors (Lipinski definition) is 6. The maximum atomic E-state index is 12.0. The first-order valence-electron chi connectivity index (χ1n) is 4.22. The van der Waals surface area contributed by atoms with Gasteiger partial charge in [-0.25, -0.2) is 0 Å². The van der Waals surface area contributed by atoms with Crippen molar-refractivity contribution in [3.8, 4) is 0 Å². The molecule has 0 fully saturated rings. The Morgan fingerprint density at radius 2 is 1.05 bits per heavy atom. The molecule has 0 aliphatic heterocycles. The molecule has 0 radical (unpaired) electrons. The molecule has 0 amide bonds. The average Bonchev–Trinajstić information content (AvgIpc) is 2.20. The van der Waals surface area contributed by atoms with E-state index in [9.17, 15) is 8.42 Å². The van der Waals surface area contributed by atoms with Crippen LogP contribution in [-0.4, -0.2) is 41.1 Å². The predicted molar refractivity (Wildman–Crippen MR) is 68.0 cm³/mol. The molecule has 0 aliphatic rings. The summed E-state index contributed by atoms with van der Waals surface area (Å²) in [7, 11) is -4.78. The minimum Gasteiger partial charge on any atom is -0.369 e. The van der Waals surface area contributed by atoms with Crippen LogP contribution < -0.4 is 34.4 Å². The van der Waals surface area contributed by atoms with Gasteiger partial charge in [-0.15, -0.1) is 19.0 Å². The summed E-state index contributed by atoms with van der Waals surface area (Å²) in [6.07, 6.45) is 0. The zero-order chi connectivity index (χ0) is 15.4. The first-order chi connectivity index (χ1) is 8.50. The molecule has 108 valence electrons. The molecule has 15 heteroatoms. The van der Waals surface area contributed by atoms with Gasteiger partial charge in [0, 0.05) is 0 Å². The SMILES string of the molecule is N=C(N)N(N=C(N)N)S(=O)(=O)N(N=C(N)N)C(=N)N. The lowest BCUT2D eigenvalue weighted by atomic mass is 11.0. The molecule has 19 heavy (non-hydrogen) atoms. The van der Waals surface area contributed by atoms with E-state index in [0.717, 1.165) is 0 Å². The van der Waals surface area contributed by atoms with Crippen LogP contribution in [0.15, 0.2) is 10.2 Å². The zero-order valence-electron chi connectivity index (χ0n) is 9.48. The van der Waals surface area contributed by atoms with E-state index in [-0.39, 0.29) is 8.83 Å². The van der Waals surface area contributed by atoms with Crippen LogP contribution in [0.5, 0.6) is 0 Å². The molecule has 0 spiro atoms. The van der Waals surface area contributed by atoms with Gasteiger partial charge in [-0.3, -0.25) is 10.8 Å². The number of nitrogens with two attached hydrogens (primary N) is 6. The molecule has 0 bridgehead atoms. The van der Waals surface area contributed by atoms with Crippen LogP contribution in [0.3, 0.4) is 0 Å².